The molecular weight excluding hydrogens is 301 g/mol. The van der Waals surface area contributed by atoms with Crippen LogP contribution in [-0.2, 0) is 6.42 Å². The largest absolute Gasteiger partial charge is 0.349 e. The Morgan fingerprint density at radius 1 is 1.45 bits per heavy atom. The van der Waals surface area contributed by atoms with Gasteiger partial charge in [0, 0.05) is 24.4 Å². The van der Waals surface area contributed by atoms with Gasteiger partial charge in [0.15, 0.2) is 0 Å². The van der Waals surface area contributed by atoms with Crippen LogP contribution in [-0.4, -0.2) is 23.5 Å². The van der Waals surface area contributed by atoms with Gasteiger partial charge < -0.3 is 11.1 Å². The smallest absolute Gasteiger partial charge is 0.270 e. The molecule has 116 valence electrons. The van der Waals surface area contributed by atoms with Crippen molar-refractivity contribution < 1.29 is 9.18 Å². The molecule has 1 unspecified atom stereocenters. The summed E-state index contributed by atoms with van der Waals surface area (Å²) in [7, 11) is 0. The summed E-state index contributed by atoms with van der Waals surface area (Å²) < 4.78 is 13.6. The molecule has 0 saturated heterocycles. The van der Waals surface area contributed by atoms with Gasteiger partial charge in [0.05, 0.1) is 5.01 Å². The fourth-order valence-electron chi connectivity index (χ4n) is 2.29. The highest BCUT2D eigenvalue weighted by Gasteiger charge is 2.28. The Balaban J connectivity index is 1.58. The van der Waals surface area contributed by atoms with Crippen molar-refractivity contribution in [3.63, 3.8) is 0 Å². The van der Waals surface area contributed by atoms with E-state index >= 15 is 0 Å². The maximum Gasteiger partial charge on any atom is 0.270 e. The molecule has 1 heterocycles. The van der Waals surface area contributed by atoms with Gasteiger partial charge in [0.1, 0.15) is 11.5 Å². The number of hydrogen-bond acceptors (Lipinski definition) is 4. The van der Waals surface area contributed by atoms with Crippen LogP contribution < -0.4 is 11.1 Å². The summed E-state index contributed by atoms with van der Waals surface area (Å²) in [5, 5.41) is 5.24. The van der Waals surface area contributed by atoms with Gasteiger partial charge in [-0.15, -0.1) is 11.3 Å². The molecule has 1 aromatic carbocycles. The van der Waals surface area contributed by atoms with E-state index in [4.69, 9.17) is 5.73 Å². The summed E-state index contributed by atoms with van der Waals surface area (Å²) in [6, 6.07) is 6.63. The molecule has 1 fully saturated rings. The zero-order valence-electron chi connectivity index (χ0n) is 12.1. The van der Waals surface area contributed by atoms with Crippen molar-refractivity contribution in [2.45, 2.75) is 25.3 Å². The van der Waals surface area contributed by atoms with Gasteiger partial charge in [-0.05, 0) is 30.4 Å². The second-order valence-electron chi connectivity index (χ2n) is 5.61. The summed E-state index contributed by atoms with van der Waals surface area (Å²) >= 11 is 1.36. The average Bonchev–Trinajstić information content (AvgIpc) is 3.26. The Kier molecular flexibility index (Phi) is 4.49. The number of aromatic nitrogens is 1. The molecule has 22 heavy (non-hydrogen) atoms. The van der Waals surface area contributed by atoms with Crippen LogP contribution in [0.3, 0.4) is 0 Å². The van der Waals surface area contributed by atoms with Crippen LogP contribution in [0.15, 0.2) is 29.6 Å². The van der Waals surface area contributed by atoms with E-state index < -0.39 is 0 Å². The molecule has 0 radical (unpaired) electrons. The zero-order valence-corrected chi connectivity index (χ0v) is 12.9. The lowest BCUT2D eigenvalue weighted by molar-refractivity contribution is 0.0946. The first kappa shape index (κ1) is 15.1. The molecule has 0 spiro atoms. The van der Waals surface area contributed by atoms with Crippen molar-refractivity contribution in [2.75, 3.05) is 6.54 Å². The number of nitrogens with two attached hydrogens (primary N) is 1. The van der Waals surface area contributed by atoms with Crippen molar-refractivity contribution in [3.05, 3.63) is 51.7 Å². The van der Waals surface area contributed by atoms with E-state index in [-0.39, 0.29) is 17.8 Å². The summed E-state index contributed by atoms with van der Waals surface area (Å²) in [6.45, 7) is 0.476. The van der Waals surface area contributed by atoms with E-state index in [9.17, 15) is 9.18 Å². The molecule has 0 aliphatic heterocycles. The lowest BCUT2D eigenvalue weighted by Crippen LogP contribution is -2.38. The maximum atomic E-state index is 13.6. The number of amides is 1. The fourth-order valence-corrected chi connectivity index (χ4v) is 3.09. The van der Waals surface area contributed by atoms with Crippen molar-refractivity contribution in [3.8, 4) is 0 Å². The molecular formula is C16H18FN3OS. The predicted octanol–water partition coefficient (Wildman–Crippen LogP) is 2.34. The molecule has 1 aliphatic rings. The van der Waals surface area contributed by atoms with E-state index in [0.717, 1.165) is 17.8 Å². The van der Waals surface area contributed by atoms with Crippen molar-refractivity contribution in [1.82, 2.24) is 10.3 Å². The molecule has 3 N–H and O–H groups in total. The van der Waals surface area contributed by atoms with E-state index in [1.54, 1.807) is 23.6 Å². The third-order valence-corrected chi connectivity index (χ3v) is 4.66. The summed E-state index contributed by atoms with van der Waals surface area (Å²) in [5.41, 5.74) is 6.91. The molecule has 1 aromatic heterocycles. The summed E-state index contributed by atoms with van der Waals surface area (Å²) in [5.74, 6) is 0.0820. The van der Waals surface area contributed by atoms with E-state index in [1.807, 2.05) is 0 Å². The molecule has 1 atom stereocenters. The molecule has 6 heteroatoms. The average molecular weight is 319 g/mol. The first-order valence-electron chi connectivity index (χ1n) is 7.35. The third kappa shape index (κ3) is 3.69. The van der Waals surface area contributed by atoms with Crippen molar-refractivity contribution in [2.24, 2.45) is 11.7 Å². The Hall–Kier alpha value is -1.79. The Morgan fingerprint density at radius 3 is 2.95 bits per heavy atom. The topological polar surface area (TPSA) is 68.0 Å². The van der Waals surface area contributed by atoms with Crippen molar-refractivity contribution >= 4 is 17.2 Å². The number of benzene rings is 1. The molecule has 2 aromatic rings. The van der Waals surface area contributed by atoms with Crippen LogP contribution in [0.25, 0.3) is 0 Å². The number of carbonyl (C=O) groups is 1. The monoisotopic (exact) mass is 319 g/mol. The highest BCUT2D eigenvalue weighted by Crippen LogP contribution is 2.31. The van der Waals surface area contributed by atoms with Crippen LogP contribution in [0.2, 0.25) is 0 Å². The summed E-state index contributed by atoms with van der Waals surface area (Å²) in [4.78, 5) is 16.3. The first-order chi connectivity index (χ1) is 10.6. The maximum absolute atomic E-state index is 13.6. The Labute approximate surface area is 132 Å². The lowest BCUT2D eigenvalue weighted by Gasteiger charge is -2.10. The third-order valence-electron chi connectivity index (χ3n) is 3.81. The minimum absolute atomic E-state index is 0.0282. The van der Waals surface area contributed by atoms with Gasteiger partial charge in [-0.3, -0.25) is 4.79 Å². The summed E-state index contributed by atoms with van der Waals surface area (Å²) in [6.07, 6.45) is 2.70. The van der Waals surface area contributed by atoms with E-state index in [1.165, 1.54) is 17.4 Å². The Morgan fingerprint density at radius 2 is 2.23 bits per heavy atom. The number of carbonyl (C=O) groups excluding carboxylic acids is 1. The number of nitrogens with one attached hydrogen (secondary N) is 1. The second kappa shape index (κ2) is 6.54. The number of thiazole rings is 1. The molecule has 0 bridgehead atoms. The van der Waals surface area contributed by atoms with Crippen LogP contribution in [0, 0.1) is 11.7 Å². The van der Waals surface area contributed by atoms with Gasteiger partial charge in [-0.25, -0.2) is 9.37 Å². The minimum atomic E-state index is -0.251. The lowest BCUT2D eigenvalue weighted by atomic mass is 10.1. The van der Waals surface area contributed by atoms with E-state index in [0.29, 0.717) is 30.1 Å². The standard InChI is InChI=1S/C16H18FN3OS/c17-12-4-2-1-3-11(12)7-15-20-14(9-22-15)16(21)19-8-13(18)10-5-6-10/h1-4,9-10,13H,5-8,18H2,(H,19,21). The molecule has 1 amide bonds. The number of rotatable bonds is 6. The predicted molar refractivity (Wildman–Crippen MR) is 84.4 cm³/mol. The van der Waals surface area contributed by atoms with Gasteiger partial charge in [-0.1, -0.05) is 18.2 Å². The quantitative estimate of drug-likeness (QED) is 0.859. The fraction of sp³-hybridized carbons (Fsp3) is 0.375. The van der Waals surface area contributed by atoms with Crippen LogP contribution in [0.4, 0.5) is 4.39 Å². The molecule has 1 aliphatic carbocycles. The van der Waals surface area contributed by atoms with Crippen LogP contribution >= 0.6 is 11.3 Å². The molecule has 3 rings (SSSR count). The number of halogens is 1. The number of nitrogens with zero attached hydrogens (tertiary/aromatic N) is 1. The first-order valence-corrected chi connectivity index (χ1v) is 8.23. The number of hydrogen-bond donors (Lipinski definition) is 2. The van der Waals surface area contributed by atoms with Crippen LogP contribution in [0.1, 0.15) is 33.9 Å². The van der Waals surface area contributed by atoms with Gasteiger partial charge in [-0.2, -0.15) is 0 Å². The van der Waals surface area contributed by atoms with E-state index in [2.05, 4.69) is 10.3 Å². The van der Waals surface area contributed by atoms with Gasteiger partial charge in [0.25, 0.3) is 5.91 Å². The SMILES string of the molecule is NC(CNC(=O)c1csc(Cc2ccccc2F)n1)C1CC1. The van der Waals surface area contributed by atoms with Crippen LogP contribution in [0.5, 0.6) is 0 Å². The van der Waals surface area contributed by atoms with Gasteiger partial charge in [0.2, 0.25) is 0 Å². The highest BCUT2D eigenvalue weighted by atomic mass is 32.1. The molecule has 1 saturated carbocycles. The second-order valence-corrected chi connectivity index (χ2v) is 6.55. The van der Waals surface area contributed by atoms with Crippen molar-refractivity contribution in [1.29, 1.82) is 0 Å². The Bertz CT molecular complexity index is 669. The zero-order chi connectivity index (χ0) is 15.5. The highest BCUT2D eigenvalue weighted by molar-refractivity contribution is 7.09. The van der Waals surface area contributed by atoms with Gasteiger partial charge >= 0.3 is 0 Å². The molecule has 4 nitrogen and oxygen atoms in total. The minimum Gasteiger partial charge on any atom is -0.349 e. The normalized spacial score (nSPS) is 15.5.